The molecule has 0 spiro atoms. The second-order valence-corrected chi connectivity index (χ2v) is 6.84. The van der Waals surface area contributed by atoms with Crippen molar-refractivity contribution in [1.29, 1.82) is 0 Å². The van der Waals surface area contributed by atoms with Crippen LogP contribution in [-0.4, -0.2) is 39.7 Å². The number of hydrogen-bond donors (Lipinski definition) is 1. The number of carboxylic acid groups (broad SMARTS) is 1. The highest BCUT2D eigenvalue weighted by Gasteiger charge is 2.51. The summed E-state index contributed by atoms with van der Waals surface area (Å²) in [6, 6.07) is 0. The van der Waals surface area contributed by atoms with Gasteiger partial charge in [0.1, 0.15) is 0 Å². The van der Waals surface area contributed by atoms with Crippen LogP contribution in [0.25, 0.3) is 0 Å². The van der Waals surface area contributed by atoms with Crippen LogP contribution in [0.5, 0.6) is 0 Å². The van der Waals surface area contributed by atoms with Gasteiger partial charge in [-0.15, -0.1) is 0 Å². The Morgan fingerprint density at radius 2 is 1.53 bits per heavy atom. The summed E-state index contributed by atoms with van der Waals surface area (Å²) in [5.41, 5.74) is -0.279. The molecule has 0 radical (unpaired) electrons. The molecule has 0 aliphatic heterocycles. The number of aliphatic carboxylic acids is 1. The lowest BCUT2D eigenvalue weighted by atomic mass is 10.1. The predicted octanol–water partition coefficient (Wildman–Crippen LogP) is 2.85. The molecule has 1 unspecified atom stereocenters. The molecule has 0 saturated heterocycles. The van der Waals surface area contributed by atoms with E-state index in [4.69, 9.17) is 13.3 Å². The van der Waals surface area contributed by atoms with Crippen LogP contribution in [0.15, 0.2) is 12.2 Å². The molecule has 0 amide bonds. The summed E-state index contributed by atoms with van der Waals surface area (Å²) in [5.74, 6) is -1.02. The normalized spacial score (nSPS) is 13.3. The lowest BCUT2D eigenvalue weighted by molar-refractivity contribution is -0.133. The molecule has 0 rings (SSSR count). The number of carbonyl (C=O) groups is 1. The van der Waals surface area contributed by atoms with Gasteiger partial charge < -0.3 is 18.4 Å². The first-order valence-corrected chi connectivity index (χ1v) is 8.63. The standard InChI is InChI=1S/C13H26O5Si/c1-6-10-12(11(5)13(14)15)19(16-7-2,17-8-3)18-9-4/h12H,5-10H2,1-4H3,(H,14,15). The van der Waals surface area contributed by atoms with Crippen LogP contribution < -0.4 is 0 Å². The molecule has 5 nitrogen and oxygen atoms in total. The minimum Gasteiger partial charge on any atom is -0.478 e. The summed E-state index contributed by atoms with van der Waals surface area (Å²) < 4.78 is 17.3. The minimum absolute atomic E-state index is 0.115. The third kappa shape index (κ3) is 5.06. The van der Waals surface area contributed by atoms with Gasteiger partial charge in [0.05, 0.1) is 5.54 Å². The van der Waals surface area contributed by atoms with E-state index in [0.29, 0.717) is 26.2 Å². The predicted molar refractivity (Wildman–Crippen MR) is 76.1 cm³/mol. The van der Waals surface area contributed by atoms with Gasteiger partial charge in [-0.3, -0.25) is 0 Å². The molecule has 0 heterocycles. The second kappa shape index (κ2) is 9.25. The third-order valence-corrected chi connectivity index (χ3v) is 6.30. The number of rotatable bonds is 11. The van der Waals surface area contributed by atoms with Crippen molar-refractivity contribution < 1.29 is 23.2 Å². The topological polar surface area (TPSA) is 65.0 Å². The van der Waals surface area contributed by atoms with Gasteiger partial charge >= 0.3 is 14.8 Å². The first-order valence-electron chi connectivity index (χ1n) is 6.82. The maximum Gasteiger partial charge on any atom is 0.509 e. The van der Waals surface area contributed by atoms with Gasteiger partial charge in [0.25, 0.3) is 0 Å². The molecule has 0 saturated carbocycles. The Kier molecular flexibility index (Phi) is 8.91. The monoisotopic (exact) mass is 290 g/mol. The van der Waals surface area contributed by atoms with Gasteiger partial charge in [-0.25, -0.2) is 4.79 Å². The average Bonchev–Trinajstić information content (AvgIpc) is 2.35. The van der Waals surface area contributed by atoms with Crippen LogP contribution in [0.3, 0.4) is 0 Å². The molecule has 0 aromatic carbocycles. The fourth-order valence-corrected chi connectivity index (χ4v) is 5.29. The Balaban J connectivity index is 5.41. The van der Waals surface area contributed by atoms with E-state index >= 15 is 0 Å². The number of carboxylic acids is 1. The lowest BCUT2D eigenvalue weighted by Gasteiger charge is -2.35. The van der Waals surface area contributed by atoms with Gasteiger partial charge in [0.2, 0.25) is 0 Å². The molecule has 0 aliphatic rings. The second-order valence-electron chi connectivity index (χ2n) is 4.07. The van der Waals surface area contributed by atoms with Gasteiger partial charge in [-0.05, 0) is 27.2 Å². The largest absolute Gasteiger partial charge is 0.509 e. The summed E-state index contributed by atoms with van der Waals surface area (Å²) in [4.78, 5) is 11.2. The van der Waals surface area contributed by atoms with Crippen molar-refractivity contribution in [3.05, 3.63) is 12.2 Å². The lowest BCUT2D eigenvalue weighted by Crippen LogP contribution is -2.51. The highest BCUT2D eigenvalue weighted by atomic mass is 28.4. The summed E-state index contributed by atoms with van der Waals surface area (Å²) in [5, 5.41) is 9.20. The van der Waals surface area contributed by atoms with E-state index in [9.17, 15) is 9.90 Å². The quantitative estimate of drug-likeness (QED) is 0.468. The van der Waals surface area contributed by atoms with Crippen LogP contribution in [0, 0.1) is 0 Å². The van der Waals surface area contributed by atoms with E-state index in [2.05, 4.69) is 6.58 Å². The van der Waals surface area contributed by atoms with E-state index < -0.39 is 20.3 Å². The van der Waals surface area contributed by atoms with Crippen LogP contribution in [0.1, 0.15) is 40.5 Å². The molecule has 0 aromatic heterocycles. The van der Waals surface area contributed by atoms with E-state index in [1.54, 1.807) is 0 Å². The van der Waals surface area contributed by atoms with Gasteiger partial charge in [-0.1, -0.05) is 19.9 Å². The molecule has 0 aromatic rings. The van der Waals surface area contributed by atoms with Crippen LogP contribution in [0.2, 0.25) is 5.54 Å². The molecule has 0 bridgehead atoms. The Morgan fingerprint density at radius 1 is 1.11 bits per heavy atom. The summed E-state index contributed by atoms with van der Waals surface area (Å²) >= 11 is 0. The van der Waals surface area contributed by atoms with Gasteiger partial charge in [-0.2, -0.15) is 0 Å². The molecule has 0 fully saturated rings. The van der Waals surface area contributed by atoms with Gasteiger partial charge in [0.15, 0.2) is 0 Å². The maximum atomic E-state index is 11.2. The van der Waals surface area contributed by atoms with Crippen molar-refractivity contribution in [2.75, 3.05) is 19.8 Å². The average molecular weight is 290 g/mol. The highest BCUT2D eigenvalue weighted by molar-refractivity contribution is 6.63. The van der Waals surface area contributed by atoms with Crippen molar-refractivity contribution in [3.63, 3.8) is 0 Å². The third-order valence-electron chi connectivity index (χ3n) is 2.74. The van der Waals surface area contributed by atoms with Crippen molar-refractivity contribution in [3.8, 4) is 0 Å². The SMILES string of the molecule is C=C(C(=O)O)C(CCC)[Si](OCC)(OCC)OCC. The zero-order valence-corrected chi connectivity index (χ0v) is 13.4. The van der Waals surface area contributed by atoms with E-state index in [-0.39, 0.29) is 5.57 Å². The molecule has 6 heteroatoms. The molecular weight excluding hydrogens is 264 g/mol. The highest BCUT2D eigenvalue weighted by Crippen LogP contribution is 2.36. The molecular formula is C13H26O5Si. The van der Waals surface area contributed by atoms with Gasteiger partial charge in [0, 0.05) is 25.4 Å². The maximum absolute atomic E-state index is 11.2. The Morgan fingerprint density at radius 3 is 1.79 bits per heavy atom. The van der Waals surface area contributed by atoms with Crippen molar-refractivity contribution in [2.45, 2.75) is 46.1 Å². The Hall–Kier alpha value is -0.693. The number of hydrogen-bond acceptors (Lipinski definition) is 4. The Labute approximate surface area is 116 Å². The summed E-state index contributed by atoms with van der Waals surface area (Å²) in [7, 11) is -3.05. The smallest absolute Gasteiger partial charge is 0.478 e. The Bertz CT molecular complexity index is 276. The zero-order chi connectivity index (χ0) is 14.9. The summed E-state index contributed by atoms with van der Waals surface area (Å²) in [6.45, 7) is 12.5. The van der Waals surface area contributed by atoms with Crippen LogP contribution >= 0.6 is 0 Å². The minimum atomic E-state index is -3.05. The van der Waals surface area contributed by atoms with Crippen molar-refractivity contribution in [2.24, 2.45) is 0 Å². The van der Waals surface area contributed by atoms with Crippen molar-refractivity contribution >= 4 is 14.8 Å². The summed E-state index contributed by atoms with van der Waals surface area (Å²) in [6.07, 6.45) is 1.45. The molecule has 19 heavy (non-hydrogen) atoms. The van der Waals surface area contributed by atoms with E-state index in [0.717, 1.165) is 6.42 Å². The van der Waals surface area contributed by atoms with Crippen LogP contribution in [-0.2, 0) is 18.1 Å². The van der Waals surface area contributed by atoms with E-state index in [1.165, 1.54) is 0 Å². The first-order chi connectivity index (χ1) is 8.98. The van der Waals surface area contributed by atoms with E-state index in [1.807, 2.05) is 27.7 Å². The molecule has 0 aliphatic carbocycles. The molecule has 112 valence electrons. The zero-order valence-electron chi connectivity index (χ0n) is 12.4. The molecule has 1 atom stereocenters. The fourth-order valence-electron chi connectivity index (χ4n) is 2.03. The first kappa shape index (κ1) is 18.3. The fraction of sp³-hybridized carbons (Fsp3) is 0.769. The van der Waals surface area contributed by atoms with Crippen LogP contribution in [0.4, 0.5) is 0 Å². The van der Waals surface area contributed by atoms with Crippen molar-refractivity contribution in [1.82, 2.24) is 0 Å². The molecule has 1 N–H and O–H groups in total.